The van der Waals surface area contributed by atoms with Crippen molar-refractivity contribution in [3.8, 4) is 23.0 Å². The van der Waals surface area contributed by atoms with E-state index in [-0.39, 0.29) is 5.54 Å². The van der Waals surface area contributed by atoms with Gasteiger partial charge in [-0.3, -0.25) is 0 Å². The van der Waals surface area contributed by atoms with Crippen LogP contribution < -0.4 is 29.6 Å². The van der Waals surface area contributed by atoms with Gasteiger partial charge in [0.25, 0.3) is 0 Å². The van der Waals surface area contributed by atoms with E-state index in [2.05, 4.69) is 37.5 Å². The molecule has 218 valence electrons. The third kappa shape index (κ3) is 5.98. The Morgan fingerprint density at radius 2 is 1.37 bits per heavy atom. The summed E-state index contributed by atoms with van der Waals surface area (Å²) < 4.78 is 32.3. The normalized spacial score (nSPS) is 19.9. The first-order valence-corrected chi connectivity index (χ1v) is 13.4. The second kappa shape index (κ2) is 12.6. The molecular formula is C29H36N6O6. The third-order valence-electron chi connectivity index (χ3n) is 7.21. The first kappa shape index (κ1) is 28.4. The topological polar surface area (TPSA) is 131 Å². The lowest BCUT2D eigenvalue weighted by atomic mass is 10.0. The summed E-state index contributed by atoms with van der Waals surface area (Å²) in [5, 5.41) is 8.70. The lowest BCUT2D eigenvalue weighted by Crippen LogP contribution is -2.35. The van der Waals surface area contributed by atoms with Crippen molar-refractivity contribution in [2.45, 2.75) is 31.3 Å². The van der Waals surface area contributed by atoms with E-state index in [9.17, 15) is 0 Å². The molecule has 0 spiro atoms. The molecule has 4 aromatic rings. The molecule has 4 heterocycles. The van der Waals surface area contributed by atoms with E-state index in [0.717, 1.165) is 59.5 Å². The van der Waals surface area contributed by atoms with E-state index in [1.54, 1.807) is 28.4 Å². The molecule has 12 nitrogen and oxygen atoms in total. The van der Waals surface area contributed by atoms with Gasteiger partial charge in [0.2, 0.25) is 0 Å². The van der Waals surface area contributed by atoms with Crippen LogP contribution in [0, 0.1) is 0 Å². The van der Waals surface area contributed by atoms with Crippen LogP contribution in [0.1, 0.15) is 19.8 Å². The summed E-state index contributed by atoms with van der Waals surface area (Å²) in [6, 6.07) is 7.90. The number of fused-ring (bicyclic) bond motifs is 2. The number of ether oxygens (including phenoxy) is 6. The van der Waals surface area contributed by atoms with E-state index in [0.29, 0.717) is 42.3 Å². The SMILES string of the molecule is COc1ccc2c(NC3(C)CCOC3)ncnc2c1OC.COc1ccc2c(N[C@H]3CCOC3)ncnc2c1OC. The highest BCUT2D eigenvalue weighted by Crippen LogP contribution is 2.38. The first-order chi connectivity index (χ1) is 20.0. The average Bonchev–Trinajstić information content (AvgIpc) is 3.68. The molecule has 0 bridgehead atoms. The maximum absolute atomic E-state index is 5.48. The predicted octanol–water partition coefficient (Wildman–Crippen LogP) is 4.09. The van der Waals surface area contributed by atoms with E-state index in [4.69, 9.17) is 28.4 Å². The molecule has 2 aliphatic heterocycles. The smallest absolute Gasteiger partial charge is 0.187 e. The lowest BCUT2D eigenvalue weighted by Gasteiger charge is -2.25. The number of methoxy groups -OCH3 is 4. The molecule has 2 fully saturated rings. The van der Waals surface area contributed by atoms with Gasteiger partial charge >= 0.3 is 0 Å². The van der Waals surface area contributed by atoms with Crippen molar-refractivity contribution in [3.63, 3.8) is 0 Å². The standard InChI is InChI=1S/C15H19N3O3.C14H17N3O3/c1-15(6-7-21-8-15)18-14-10-4-5-11(19-2)13(20-3)12(10)16-9-17-14;1-18-11-4-3-10-12(13(11)19-2)15-8-16-14(10)17-9-5-6-20-7-9/h4-5,9H,6-8H2,1-3H3,(H,16,17,18);3-4,8-9H,5-7H2,1-2H3,(H,15,16,17)/t;9-/m.0/s1. The second-order valence-corrected chi connectivity index (χ2v) is 10.0. The second-order valence-electron chi connectivity index (χ2n) is 10.0. The molecule has 2 aromatic heterocycles. The summed E-state index contributed by atoms with van der Waals surface area (Å²) in [6.07, 6.45) is 5.00. The predicted molar refractivity (Wildman–Crippen MR) is 156 cm³/mol. The number of nitrogens with one attached hydrogen (secondary N) is 2. The fraction of sp³-hybridized carbons (Fsp3) is 0.448. The van der Waals surface area contributed by atoms with Crippen LogP contribution in [0.15, 0.2) is 36.9 Å². The van der Waals surface area contributed by atoms with Crippen molar-refractivity contribution in [2.24, 2.45) is 0 Å². The molecule has 6 rings (SSSR count). The molecule has 0 radical (unpaired) electrons. The van der Waals surface area contributed by atoms with Crippen LogP contribution in [0.2, 0.25) is 0 Å². The lowest BCUT2D eigenvalue weighted by molar-refractivity contribution is 0.185. The Labute approximate surface area is 238 Å². The summed E-state index contributed by atoms with van der Waals surface area (Å²) in [7, 11) is 6.44. The molecule has 2 saturated heterocycles. The van der Waals surface area contributed by atoms with Crippen LogP contribution in [-0.2, 0) is 9.47 Å². The molecule has 2 atom stereocenters. The van der Waals surface area contributed by atoms with Crippen LogP contribution in [0.5, 0.6) is 23.0 Å². The molecule has 2 aliphatic rings. The largest absolute Gasteiger partial charge is 0.493 e. The maximum atomic E-state index is 5.48. The van der Waals surface area contributed by atoms with Crippen molar-refractivity contribution in [1.29, 1.82) is 0 Å². The molecular weight excluding hydrogens is 528 g/mol. The van der Waals surface area contributed by atoms with Crippen LogP contribution >= 0.6 is 0 Å². The Morgan fingerprint density at radius 1 is 0.756 bits per heavy atom. The van der Waals surface area contributed by atoms with Crippen molar-refractivity contribution >= 4 is 33.4 Å². The van der Waals surface area contributed by atoms with Crippen molar-refractivity contribution in [1.82, 2.24) is 19.9 Å². The van der Waals surface area contributed by atoms with Gasteiger partial charge in [0, 0.05) is 24.0 Å². The number of anilines is 2. The van der Waals surface area contributed by atoms with Gasteiger partial charge in [-0.25, -0.2) is 19.9 Å². The van der Waals surface area contributed by atoms with Gasteiger partial charge in [0.15, 0.2) is 23.0 Å². The van der Waals surface area contributed by atoms with Crippen LogP contribution in [-0.4, -0.2) is 86.4 Å². The molecule has 1 unspecified atom stereocenters. The minimum Gasteiger partial charge on any atom is -0.493 e. The Morgan fingerprint density at radius 3 is 1.88 bits per heavy atom. The fourth-order valence-corrected chi connectivity index (χ4v) is 5.00. The zero-order chi connectivity index (χ0) is 28.8. The Kier molecular flexibility index (Phi) is 8.70. The molecule has 12 heteroatoms. The zero-order valence-corrected chi connectivity index (χ0v) is 24.0. The molecule has 0 aliphatic carbocycles. The molecule has 0 amide bonds. The van der Waals surface area contributed by atoms with Gasteiger partial charge < -0.3 is 39.1 Å². The first-order valence-electron chi connectivity index (χ1n) is 13.4. The van der Waals surface area contributed by atoms with Gasteiger partial charge in [0.1, 0.15) is 35.3 Å². The molecule has 2 N–H and O–H groups in total. The van der Waals surface area contributed by atoms with Gasteiger partial charge in [-0.1, -0.05) is 0 Å². The summed E-state index contributed by atoms with van der Waals surface area (Å²) in [5.74, 6) is 4.14. The van der Waals surface area contributed by atoms with Crippen LogP contribution in [0.4, 0.5) is 11.6 Å². The highest BCUT2D eigenvalue weighted by atomic mass is 16.5. The number of rotatable bonds is 8. The number of aromatic nitrogens is 4. The summed E-state index contributed by atoms with van der Waals surface area (Å²) in [5.41, 5.74) is 1.37. The molecule has 0 saturated carbocycles. The highest BCUT2D eigenvalue weighted by Gasteiger charge is 2.30. The maximum Gasteiger partial charge on any atom is 0.187 e. The minimum absolute atomic E-state index is 0.103. The highest BCUT2D eigenvalue weighted by molar-refractivity contribution is 5.95. The Balaban J connectivity index is 0.000000165. The number of benzene rings is 2. The Bertz CT molecular complexity index is 1490. The number of nitrogens with zero attached hydrogens (tertiary/aromatic N) is 4. The van der Waals surface area contributed by atoms with E-state index in [1.807, 2.05) is 24.3 Å². The van der Waals surface area contributed by atoms with Crippen LogP contribution in [0.3, 0.4) is 0 Å². The van der Waals surface area contributed by atoms with Crippen molar-refractivity contribution < 1.29 is 28.4 Å². The average molecular weight is 565 g/mol. The Hall–Kier alpha value is -4.16. The summed E-state index contributed by atoms with van der Waals surface area (Å²) in [4.78, 5) is 17.3. The van der Waals surface area contributed by atoms with E-state index in [1.165, 1.54) is 12.7 Å². The van der Waals surface area contributed by atoms with Gasteiger partial charge in [0.05, 0.1) is 53.2 Å². The van der Waals surface area contributed by atoms with Crippen molar-refractivity contribution in [2.75, 3.05) is 65.5 Å². The summed E-state index contributed by atoms with van der Waals surface area (Å²) >= 11 is 0. The number of hydrogen-bond donors (Lipinski definition) is 2. The third-order valence-corrected chi connectivity index (χ3v) is 7.21. The molecule has 41 heavy (non-hydrogen) atoms. The summed E-state index contributed by atoms with van der Waals surface area (Å²) in [6.45, 7) is 5.07. The quantitative estimate of drug-likeness (QED) is 0.320. The fourth-order valence-electron chi connectivity index (χ4n) is 5.00. The van der Waals surface area contributed by atoms with Gasteiger partial charge in [-0.05, 0) is 44.0 Å². The minimum atomic E-state index is -0.103. The monoisotopic (exact) mass is 564 g/mol. The van der Waals surface area contributed by atoms with Gasteiger partial charge in [-0.15, -0.1) is 0 Å². The zero-order valence-electron chi connectivity index (χ0n) is 24.0. The van der Waals surface area contributed by atoms with E-state index < -0.39 is 0 Å². The van der Waals surface area contributed by atoms with E-state index >= 15 is 0 Å². The number of hydrogen-bond acceptors (Lipinski definition) is 12. The molecule has 2 aromatic carbocycles. The van der Waals surface area contributed by atoms with Gasteiger partial charge in [-0.2, -0.15) is 0 Å². The van der Waals surface area contributed by atoms with Crippen molar-refractivity contribution in [3.05, 3.63) is 36.9 Å². The van der Waals surface area contributed by atoms with Crippen LogP contribution in [0.25, 0.3) is 21.8 Å².